The number of nitrogens with one attached hydrogen (secondary N) is 1. The van der Waals surface area contributed by atoms with Gasteiger partial charge in [0.2, 0.25) is 21.8 Å². The molecule has 1 N–H and O–H groups in total. The minimum Gasteiger partial charge on any atom is -0.354 e. The Labute approximate surface area is 195 Å². The number of benzene rings is 2. The summed E-state index contributed by atoms with van der Waals surface area (Å²) in [4.78, 5) is 27.3. The highest BCUT2D eigenvalue weighted by atomic mass is 35.5. The molecule has 0 unspecified atom stereocenters. The molecule has 0 heterocycles. The van der Waals surface area contributed by atoms with E-state index in [1.54, 1.807) is 25.1 Å². The van der Waals surface area contributed by atoms with Gasteiger partial charge in [-0.25, -0.2) is 8.42 Å². The summed E-state index contributed by atoms with van der Waals surface area (Å²) in [6, 6.07) is 15.2. The van der Waals surface area contributed by atoms with Crippen LogP contribution in [0.25, 0.3) is 0 Å². The van der Waals surface area contributed by atoms with Crippen molar-refractivity contribution < 1.29 is 18.0 Å². The molecule has 1 atom stereocenters. The van der Waals surface area contributed by atoms with Gasteiger partial charge >= 0.3 is 0 Å². The van der Waals surface area contributed by atoms with Crippen LogP contribution in [0, 0.1) is 0 Å². The monoisotopic (exact) mass is 479 g/mol. The van der Waals surface area contributed by atoms with E-state index in [4.69, 9.17) is 11.6 Å². The van der Waals surface area contributed by atoms with E-state index in [1.807, 2.05) is 37.3 Å². The molecule has 0 saturated heterocycles. The summed E-state index contributed by atoms with van der Waals surface area (Å²) in [6.07, 6.45) is 2.34. The summed E-state index contributed by atoms with van der Waals surface area (Å²) in [7, 11) is -3.76. The number of hydrogen-bond acceptors (Lipinski definition) is 4. The molecule has 2 aromatic rings. The highest BCUT2D eigenvalue weighted by Gasteiger charge is 2.29. The maximum atomic E-state index is 13.3. The van der Waals surface area contributed by atoms with Crippen LogP contribution >= 0.6 is 11.6 Å². The third-order valence-corrected chi connectivity index (χ3v) is 6.35. The van der Waals surface area contributed by atoms with E-state index in [0.717, 1.165) is 22.5 Å². The predicted octanol–water partition coefficient (Wildman–Crippen LogP) is 3.09. The molecule has 0 aromatic heterocycles. The topological polar surface area (TPSA) is 86.8 Å². The van der Waals surface area contributed by atoms with Crippen LogP contribution in [0.1, 0.15) is 25.8 Å². The quantitative estimate of drug-likeness (QED) is 0.536. The van der Waals surface area contributed by atoms with Crippen LogP contribution in [0.15, 0.2) is 54.6 Å². The highest BCUT2D eigenvalue weighted by Crippen LogP contribution is 2.22. The number of halogens is 1. The summed E-state index contributed by atoms with van der Waals surface area (Å²) in [6.45, 7) is 3.94. The Morgan fingerprint density at radius 2 is 1.78 bits per heavy atom. The van der Waals surface area contributed by atoms with Gasteiger partial charge in [0.15, 0.2) is 0 Å². The zero-order valence-electron chi connectivity index (χ0n) is 18.6. The molecule has 0 radical (unpaired) electrons. The summed E-state index contributed by atoms with van der Waals surface area (Å²) >= 11 is 6.03. The van der Waals surface area contributed by atoms with Crippen LogP contribution in [0.5, 0.6) is 0 Å². The molecule has 7 nitrogen and oxygen atoms in total. The van der Waals surface area contributed by atoms with E-state index < -0.39 is 28.5 Å². The molecule has 0 aliphatic rings. The first-order chi connectivity index (χ1) is 15.1. The van der Waals surface area contributed by atoms with Crippen LogP contribution in [-0.2, 0) is 26.0 Å². The van der Waals surface area contributed by atoms with Crippen molar-refractivity contribution in [3.63, 3.8) is 0 Å². The molecule has 2 aromatic carbocycles. The van der Waals surface area contributed by atoms with Gasteiger partial charge in [-0.1, -0.05) is 54.9 Å². The van der Waals surface area contributed by atoms with Gasteiger partial charge in [0.1, 0.15) is 12.6 Å². The van der Waals surface area contributed by atoms with E-state index in [-0.39, 0.29) is 12.5 Å². The van der Waals surface area contributed by atoms with Gasteiger partial charge in [-0.3, -0.25) is 13.9 Å². The van der Waals surface area contributed by atoms with Crippen molar-refractivity contribution in [2.45, 2.75) is 32.7 Å². The highest BCUT2D eigenvalue weighted by molar-refractivity contribution is 7.92. The number of anilines is 1. The lowest BCUT2D eigenvalue weighted by atomic mass is 10.1. The van der Waals surface area contributed by atoms with Crippen molar-refractivity contribution in [3.8, 4) is 0 Å². The molecular weight excluding hydrogens is 450 g/mol. The van der Waals surface area contributed by atoms with Gasteiger partial charge < -0.3 is 10.2 Å². The molecular formula is C23H30ClN3O4S. The minimum absolute atomic E-state index is 0.275. The van der Waals surface area contributed by atoms with E-state index in [9.17, 15) is 18.0 Å². The molecule has 0 aliphatic heterocycles. The van der Waals surface area contributed by atoms with Crippen molar-refractivity contribution in [1.29, 1.82) is 0 Å². The van der Waals surface area contributed by atoms with Crippen molar-refractivity contribution in [2.75, 3.05) is 30.2 Å². The van der Waals surface area contributed by atoms with Crippen molar-refractivity contribution >= 4 is 39.1 Å². The predicted molar refractivity (Wildman–Crippen MR) is 128 cm³/mol. The van der Waals surface area contributed by atoms with Crippen LogP contribution in [0.2, 0.25) is 5.02 Å². The molecule has 2 rings (SSSR count). The lowest BCUT2D eigenvalue weighted by molar-refractivity contribution is -0.138. The van der Waals surface area contributed by atoms with Gasteiger partial charge in [0.05, 0.1) is 11.9 Å². The lowest BCUT2D eigenvalue weighted by Gasteiger charge is -2.31. The van der Waals surface area contributed by atoms with Gasteiger partial charge in [0, 0.05) is 18.1 Å². The molecule has 32 heavy (non-hydrogen) atoms. The van der Waals surface area contributed by atoms with Gasteiger partial charge in [0.25, 0.3) is 0 Å². The molecule has 0 aliphatic carbocycles. The SMILES string of the molecule is CCCNC(=O)[C@@H](C)N(CCc1ccccc1)C(=O)CN(c1cccc(Cl)c1)S(C)(=O)=O. The second-order valence-corrected chi connectivity index (χ2v) is 9.88. The number of amides is 2. The van der Waals surface area contributed by atoms with E-state index in [2.05, 4.69) is 5.32 Å². The van der Waals surface area contributed by atoms with Gasteiger partial charge in [-0.05, 0) is 43.5 Å². The Morgan fingerprint density at radius 3 is 2.38 bits per heavy atom. The Balaban J connectivity index is 2.28. The molecule has 2 amide bonds. The summed E-state index contributed by atoms with van der Waals surface area (Å²) in [5.74, 6) is -0.743. The Morgan fingerprint density at radius 1 is 1.09 bits per heavy atom. The maximum absolute atomic E-state index is 13.3. The first-order valence-electron chi connectivity index (χ1n) is 10.5. The van der Waals surface area contributed by atoms with E-state index >= 15 is 0 Å². The average Bonchev–Trinajstić information content (AvgIpc) is 2.75. The van der Waals surface area contributed by atoms with Crippen molar-refractivity contribution in [3.05, 3.63) is 65.2 Å². The van der Waals surface area contributed by atoms with Crippen LogP contribution in [-0.4, -0.2) is 57.1 Å². The number of rotatable bonds is 11. The third-order valence-electron chi connectivity index (χ3n) is 4.98. The van der Waals surface area contributed by atoms with E-state index in [1.165, 1.54) is 11.0 Å². The summed E-state index contributed by atoms with van der Waals surface area (Å²) in [5, 5.41) is 3.16. The van der Waals surface area contributed by atoms with Crippen molar-refractivity contribution in [1.82, 2.24) is 10.2 Å². The van der Waals surface area contributed by atoms with Crippen LogP contribution in [0.3, 0.4) is 0 Å². The zero-order valence-corrected chi connectivity index (χ0v) is 20.2. The van der Waals surface area contributed by atoms with Crippen molar-refractivity contribution in [2.24, 2.45) is 0 Å². The molecule has 9 heteroatoms. The average molecular weight is 480 g/mol. The van der Waals surface area contributed by atoms with Crippen LogP contribution in [0.4, 0.5) is 5.69 Å². The fourth-order valence-electron chi connectivity index (χ4n) is 3.21. The standard InChI is InChI=1S/C23H30ClN3O4S/c1-4-14-25-23(29)18(2)26(15-13-19-9-6-5-7-10-19)22(28)17-27(32(3,30)31)21-12-8-11-20(24)16-21/h5-12,16,18H,4,13-15,17H2,1-3H3,(H,25,29)/t18-/m1/s1. The third kappa shape index (κ3) is 7.53. The largest absolute Gasteiger partial charge is 0.354 e. The molecule has 0 spiro atoms. The fourth-order valence-corrected chi connectivity index (χ4v) is 4.24. The zero-order chi connectivity index (χ0) is 23.7. The fraction of sp³-hybridized carbons (Fsp3) is 0.391. The normalized spacial score (nSPS) is 12.1. The number of carbonyl (C=O) groups excluding carboxylic acids is 2. The first-order valence-corrected chi connectivity index (χ1v) is 12.7. The smallest absolute Gasteiger partial charge is 0.244 e. The Bertz CT molecular complexity index is 1010. The minimum atomic E-state index is -3.76. The number of sulfonamides is 1. The molecule has 0 bridgehead atoms. The maximum Gasteiger partial charge on any atom is 0.244 e. The summed E-state index contributed by atoms with van der Waals surface area (Å²) < 4.78 is 25.9. The van der Waals surface area contributed by atoms with E-state index in [0.29, 0.717) is 23.7 Å². The Hall–Kier alpha value is -2.58. The lowest BCUT2D eigenvalue weighted by Crippen LogP contribution is -2.52. The van der Waals surface area contributed by atoms with Gasteiger partial charge in [-0.15, -0.1) is 0 Å². The number of nitrogens with zero attached hydrogens (tertiary/aromatic N) is 2. The second kappa shape index (κ2) is 11.9. The number of carbonyl (C=O) groups is 2. The number of hydrogen-bond donors (Lipinski definition) is 1. The van der Waals surface area contributed by atoms with Gasteiger partial charge in [-0.2, -0.15) is 0 Å². The second-order valence-electron chi connectivity index (χ2n) is 7.54. The molecule has 174 valence electrons. The Kier molecular flexibility index (Phi) is 9.53. The van der Waals surface area contributed by atoms with Crippen LogP contribution < -0.4 is 9.62 Å². The molecule has 0 fully saturated rings. The molecule has 0 saturated carbocycles. The summed E-state index contributed by atoms with van der Waals surface area (Å²) in [5.41, 5.74) is 1.31. The first kappa shape index (κ1) is 25.7.